The highest BCUT2D eigenvalue weighted by atomic mass is 16.1. The van der Waals surface area contributed by atoms with Gasteiger partial charge in [0.05, 0.1) is 5.56 Å². The molecule has 4 nitrogen and oxygen atoms in total. The van der Waals surface area contributed by atoms with Gasteiger partial charge in [0.25, 0.3) is 0 Å². The smallest absolute Gasteiger partial charge is 0.198 e. The summed E-state index contributed by atoms with van der Waals surface area (Å²) >= 11 is 0. The molecule has 1 aromatic carbocycles. The molecule has 3 rings (SSSR count). The predicted octanol–water partition coefficient (Wildman–Crippen LogP) is 2.92. The number of ketones is 1. The van der Waals surface area contributed by atoms with Gasteiger partial charge in [0.1, 0.15) is 5.82 Å². The molecule has 0 radical (unpaired) electrons. The molecule has 0 unspecified atom stereocenters. The number of hydrogen-bond donors (Lipinski definition) is 1. The van der Waals surface area contributed by atoms with E-state index in [1.165, 1.54) is 0 Å². The molecule has 1 aromatic heterocycles. The molecule has 0 saturated heterocycles. The van der Waals surface area contributed by atoms with Gasteiger partial charge in [-0.05, 0) is 18.2 Å². The lowest BCUT2D eigenvalue weighted by atomic mass is 9.98. The number of nitrogens with zero attached hydrogens (tertiary/aromatic N) is 2. The zero-order valence-corrected chi connectivity index (χ0v) is 11.4. The van der Waals surface area contributed by atoms with Crippen molar-refractivity contribution in [3.05, 3.63) is 59.9 Å². The Morgan fingerprint density at radius 2 is 1.85 bits per heavy atom. The zero-order chi connectivity index (χ0) is 14.1. The summed E-state index contributed by atoms with van der Waals surface area (Å²) in [6.45, 7) is 0. The van der Waals surface area contributed by atoms with Crippen LogP contribution in [0.5, 0.6) is 0 Å². The van der Waals surface area contributed by atoms with Gasteiger partial charge in [-0.25, -0.2) is 4.98 Å². The highest BCUT2D eigenvalue weighted by Crippen LogP contribution is 2.34. The number of carbonyl (C=O) groups excluding carboxylic acids is 1. The number of hydrogen-bond acceptors (Lipinski definition) is 4. The van der Waals surface area contributed by atoms with E-state index in [1.54, 1.807) is 18.3 Å². The molecule has 0 fully saturated rings. The third-order valence-corrected chi connectivity index (χ3v) is 3.15. The summed E-state index contributed by atoms with van der Waals surface area (Å²) in [5.74, 6) is 0.589. The molecule has 2 heterocycles. The minimum atomic E-state index is -0.0146. The van der Waals surface area contributed by atoms with Crippen LogP contribution in [-0.2, 0) is 0 Å². The maximum absolute atomic E-state index is 12.8. The van der Waals surface area contributed by atoms with E-state index in [2.05, 4.69) is 10.3 Å². The number of anilines is 2. The first-order valence-corrected chi connectivity index (χ1v) is 6.41. The van der Waals surface area contributed by atoms with Crippen LogP contribution in [0.2, 0.25) is 0 Å². The lowest BCUT2D eigenvalue weighted by Crippen LogP contribution is -2.08. The standard InChI is InChI=1S/C16H15N3O/c1-19(2)10-13-11-6-3-4-8-14(11)18-16-12(15(13)20)7-5-9-17-16/h3-10H,1-2H3,(H,17,18)/b13-10+. The second-order valence-electron chi connectivity index (χ2n) is 4.91. The minimum Gasteiger partial charge on any atom is -0.383 e. The van der Waals surface area contributed by atoms with Gasteiger partial charge < -0.3 is 10.2 Å². The molecular weight excluding hydrogens is 250 g/mol. The Balaban J connectivity index is 2.27. The molecule has 0 bridgehead atoms. The third kappa shape index (κ3) is 2.05. The van der Waals surface area contributed by atoms with Crippen LogP contribution >= 0.6 is 0 Å². The van der Waals surface area contributed by atoms with Crippen molar-refractivity contribution in [1.82, 2.24) is 9.88 Å². The molecule has 0 atom stereocenters. The molecule has 20 heavy (non-hydrogen) atoms. The van der Waals surface area contributed by atoms with E-state index in [0.29, 0.717) is 17.0 Å². The van der Waals surface area contributed by atoms with Gasteiger partial charge in [-0.15, -0.1) is 0 Å². The van der Waals surface area contributed by atoms with E-state index >= 15 is 0 Å². The van der Waals surface area contributed by atoms with Crippen LogP contribution in [-0.4, -0.2) is 29.8 Å². The molecule has 1 aliphatic rings. The van der Waals surface area contributed by atoms with Gasteiger partial charge in [-0.1, -0.05) is 18.2 Å². The number of Topliss-reactive ketones (excluding diaryl/α,β-unsaturated/α-hetero) is 1. The van der Waals surface area contributed by atoms with Crippen molar-refractivity contribution in [3.63, 3.8) is 0 Å². The summed E-state index contributed by atoms with van der Waals surface area (Å²) in [5.41, 5.74) is 3.05. The van der Waals surface area contributed by atoms with E-state index in [1.807, 2.05) is 49.5 Å². The molecule has 0 aliphatic carbocycles. The third-order valence-electron chi connectivity index (χ3n) is 3.15. The van der Waals surface area contributed by atoms with Crippen molar-refractivity contribution in [3.8, 4) is 0 Å². The van der Waals surface area contributed by atoms with Gasteiger partial charge >= 0.3 is 0 Å². The Kier molecular flexibility index (Phi) is 2.99. The van der Waals surface area contributed by atoms with Gasteiger partial charge in [-0.3, -0.25) is 4.79 Å². The highest BCUT2D eigenvalue weighted by Gasteiger charge is 2.24. The number of pyridine rings is 1. The maximum atomic E-state index is 12.8. The van der Waals surface area contributed by atoms with E-state index in [4.69, 9.17) is 0 Å². The topological polar surface area (TPSA) is 45.2 Å². The Morgan fingerprint density at radius 1 is 1.10 bits per heavy atom. The molecule has 100 valence electrons. The number of para-hydroxylation sites is 1. The summed E-state index contributed by atoms with van der Waals surface area (Å²) in [6, 6.07) is 11.4. The zero-order valence-electron chi connectivity index (χ0n) is 11.4. The molecule has 1 aliphatic heterocycles. The normalized spacial score (nSPS) is 15.1. The number of aromatic nitrogens is 1. The van der Waals surface area contributed by atoms with Crippen molar-refractivity contribution in [2.45, 2.75) is 0 Å². The first-order chi connectivity index (χ1) is 9.66. The summed E-state index contributed by atoms with van der Waals surface area (Å²) in [4.78, 5) is 18.9. The molecule has 0 saturated carbocycles. The molecule has 2 aromatic rings. The largest absolute Gasteiger partial charge is 0.383 e. The van der Waals surface area contributed by atoms with E-state index < -0.39 is 0 Å². The van der Waals surface area contributed by atoms with E-state index in [9.17, 15) is 4.79 Å². The fraction of sp³-hybridized carbons (Fsp3) is 0.125. The minimum absolute atomic E-state index is 0.0146. The number of fused-ring (bicyclic) bond motifs is 2. The van der Waals surface area contributed by atoms with Crippen molar-refractivity contribution in [2.24, 2.45) is 0 Å². The fourth-order valence-corrected chi connectivity index (χ4v) is 2.30. The van der Waals surface area contributed by atoms with Gasteiger partial charge in [0.15, 0.2) is 5.78 Å². The number of rotatable bonds is 1. The van der Waals surface area contributed by atoms with Gasteiger partial charge in [0.2, 0.25) is 0 Å². The Labute approximate surface area is 117 Å². The van der Waals surface area contributed by atoms with Crippen molar-refractivity contribution in [1.29, 1.82) is 0 Å². The van der Waals surface area contributed by atoms with Crippen LogP contribution in [0.1, 0.15) is 15.9 Å². The Morgan fingerprint density at radius 3 is 2.65 bits per heavy atom. The lowest BCUT2D eigenvalue weighted by Gasteiger charge is -2.11. The summed E-state index contributed by atoms with van der Waals surface area (Å²) in [6.07, 6.45) is 3.54. The average molecular weight is 265 g/mol. The van der Waals surface area contributed by atoms with Crippen LogP contribution in [0.3, 0.4) is 0 Å². The van der Waals surface area contributed by atoms with Crippen LogP contribution in [0.4, 0.5) is 11.5 Å². The first-order valence-electron chi connectivity index (χ1n) is 6.41. The summed E-state index contributed by atoms with van der Waals surface area (Å²) < 4.78 is 0. The number of carbonyl (C=O) groups is 1. The summed E-state index contributed by atoms with van der Waals surface area (Å²) in [7, 11) is 3.82. The quantitative estimate of drug-likeness (QED) is 0.805. The summed E-state index contributed by atoms with van der Waals surface area (Å²) in [5, 5.41) is 3.25. The number of benzene rings is 1. The average Bonchev–Trinajstić information content (AvgIpc) is 2.55. The van der Waals surface area contributed by atoms with Crippen LogP contribution in [0, 0.1) is 0 Å². The molecule has 1 N–H and O–H groups in total. The molecule has 0 spiro atoms. The molecule has 4 heteroatoms. The Bertz CT molecular complexity index is 704. The second-order valence-corrected chi connectivity index (χ2v) is 4.91. The van der Waals surface area contributed by atoms with E-state index in [-0.39, 0.29) is 5.78 Å². The van der Waals surface area contributed by atoms with Crippen molar-refractivity contribution < 1.29 is 4.79 Å². The first kappa shape index (κ1) is 12.4. The number of allylic oxidation sites excluding steroid dienone is 1. The van der Waals surface area contributed by atoms with Crippen LogP contribution < -0.4 is 5.32 Å². The van der Waals surface area contributed by atoms with Crippen LogP contribution in [0.15, 0.2) is 48.8 Å². The van der Waals surface area contributed by atoms with E-state index in [0.717, 1.165) is 11.3 Å². The number of nitrogens with one attached hydrogen (secondary N) is 1. The highest BCUT2D eigenvalue weighted by molar-refractivity contribution is 6.32. The molecular formula is C16H15N3O. The van der Waals surface area contributed by atoms with Crippen LogP contribution in [0.25, 0.3) is 5.57 Å². The SMILES string of the molecule is CN(C)/C=C1/C(=O)c2cccnc2Nc2ccccc21. The van der Waals surface area contributed by atoms with Crippen molar-refractivity contribution in [2.75, 3.05) is 19.4 Å². The molecule has 0 amide bonds. The van der Waals surface area contributed by atoms with Gasteiger partial charge in [0, 0.05) is 43.3 Å². The monoisotopic (exact) mass is 265 g/mol. The van der Waals surface area contributed by atoms with Crippen molar-refractivity contribution >= 4 is 22.9 Å². The second kappa shape index (κ2) is 4.81. The fourth-order valence-electron chi connectivity index (χ4n) is 2.30. The predicted molar refractivity (Wildman–Crippen MR) is 80.0 cm³/mol. The Hall–Kier alpha value is -2.62. The van der Waals surface area contributed by atoms with Gasteiger partial charge in [-0.2, -0.15) is 0 Å². The lowest BCUT2D eigenvalue weighted by molar-refractivity contribution is 0.105. The maximum Gasteiger partial charge on any atom is 0.198 e.